The van der Waals surface area contributed by atoms with Gasteiger partial charge in [0.1, 0.15) is 22.7 Å². The van der Waals surface area contributed by atoms with E-state index in [9.17, 15) is 0 Å². The lowest BCUT2D eigenvalue weighted by Gasteiger charge is -2.44. The number of hydrogen-bond acceptors (Lipinski definition) is 4. The van der Waals surface area contributed by atoms with E-state index in [0.29, 0.717) is 0 Å². The van der Waals surface area contributed by atoms with Crippen LogP contribution < -0.4 is 30.4 Å². The second-order valence-corrected chi connectivity index (χ2v) is 19.9. The van der Waals surface area contributed by atoms with E-state index in [4.69, 9.17) is 9.15 Å². The van der Waals surface area contributed by atoms with E-state index in [1.165, 1.54) is 52.8 Å². The molecule has 59 heavy (non-hydrogen) atoms. The molecule has 1 spiro atoms. The summed E-state index contributed by atoms with van der Waals surface area (Å²) in [5.74, 6) is 1.88. The number of nitrogens with zero attached hydrogens (tertiary/aromatic N) is 1. The Hall–Kier alpha value is -7.05. The van der Waals surface area contributed by atoms with E-state index >= 15 is 0 Å². The molecule has 0 unspecified atom stereocenters. The van der Waals surface area contributed by atoms with Crippen LogP contribution in [0.1, 0.15) is 0 Å². The quantitative estimate of drug-likeness (QED) is 0.162. The Balaban J connectivity index is 1.10. The summed E-state index contributed by atoms with van der Waals surface area (Å²) in [5, 5.41) is 7.55. The molecule has 0 saturated heterocycles. The standard InChI is InChI=1S/C54H35NO2SSi/c1-2-15-36(16-3-1)40-17-4-5-18-41(40)37-29-31-38(32-30-37)55(39-33-34-43-42-19-6-7-21-45(42)56-48(43)35-39)44-20-14-28-53-54(44)58-49-24-10-13-27-52(49)59(53)50-25-11-8-22-46(50)57-47-23-9-12-26-51(47)59/h1-35H. The molecule has 0 bridgehead atoms. The van der Waals surface area contributed by atoms with Gasteiger partial charge in [0, 0.05) is 38.0 Å². The van der Waals surface area contributed by atoms with Crippen molar-refractivity contribution in [1.29, 1.82) is 0 Å². The first kappa shape index (κ1) is 34.0. The highest BCUT2D eigenvalue weighted by Gasteiger charge is 2.52. The predicted molar refractivity (Wildman–Crippen MR) is 247 cm³/mol. The summed E-state index contributed by atoms with van der Waals surface area (Å²) in [7, 11) is -2.88. The normalized spacial score (nSPS) is 13.3. The third kappa shape index (κ3) is 5.22. The molecule has 0 saturated carbocycles. The number of hydrogen-bond donors (Lipinski definition) is 0. The van der Waals surface area contributed by atoms with Crippen LogP contribution in [0.4, 0.5) is 17.1 Å². The lowest BCUT2D eigenvalue weighted by Crippen LogP contribution is -2.77. The summed E-state index contributed by atoms with van der Waals surface area (Å²) in [6.07, 6.45) is 0. The minimum Gasteiger partial charge on any atom is -0.458 e. The lowest BCUT2D eigenvalue weighted by atomic mass is 9.94. The number of anilines is 3. The van der Waals surface area contributed by atoms with Gasteiger partial charge in [-0.25, -0.2) is 0 Å². The fourth-order valence-electron chi connectivity index (χ4n) is 9.47. The Morgan fingerprint density at radius 1 is 0.407 bits per heavy atom. The molecule has 0 aliphatic carbocycles. The number of ether oxygens (including phenoxy) is 1. The maximum Gasteiger partial charge on any atom is 0.190 e. The monoisotopic (exact) mass is 789 g/mol. The highest BCUT2D eigenvalue weighted by atomic mass is 32.2. The van der Waals surface area contributed by atoms with Crippen molar-refractivity contribution in [3.05, 3.63) is 212 Å². The van der Waals surface area contributed by atoms with Gasteiger partial charge in [0.05, 0.1) is 5.69 Å². The first-order valence-corrected chi connectivity index (χ1v) is 22.8. The van der Waals surface area contributed by atoms with Gasteiger partial charge in [0.2, 0.25) is 0 Å². The minimum absolute atomic E-state index is 0.864. The molecule has 3 nitrogen and oxygen atoms in total. The number of rotatable bonds is 5. The van der Waals surface area contributed by atoms with Gasteiger partial charge in [-0.2, -0.15) is 0 Å². The molecule has 10 aromatic rings. The van der Waals surface area contributed by atoms with Crippen LogP contribution in [0.2, 0.25) is 0 Å². The van der Waals surface area contributed by atoms with E-state index < -0.39 is 8.07 Å². The first-order valence-electron chi connectivity index (χ1n) is 20.0. The fourth-order valence-corrected chi connectivity index (χ4v) is 16.7. The van der Waals surface area contributed by atoms with Crippen molar-refractivity contribution in [1.82, 2.24) is 0 Å². The molecule has 0 fully saturated rings. The number of benzene rings is 9. The van der Waals surface area contributed by atoms with Gasteiger partial charge in [-0.05, 0) is 97.6 Å². The van der Waals surface area contributed by atoms with Gasteiger partial charge in [-0.3, -0.25) is 0 Å². The van der Waals surface area contributed by atoms with Gasteiger partial charge >= 0.3 is 0 Å². The maximum absolute atomic E-state index is 6.71. The van der Waals surface area contributed by atoms with E-state index in [1.807, 2.05) is 23.9 Å². The summed E-state index contributed by atoms with van der Waals surface area (Å²) in [6.45, 7) is 0. The third-order valence-electron chi connectivity index (χ3n) is 12.0. The van der Waals surface area contributed by atoms with E-state index in [0.717, 1.165) is 50.5 Å². The van der Waals surface area contributed by atoms with Gasteiger partial charge in [0.15, 0.2) is 8.07 Å². The summed E-state index contributed by atoms with van der Waals surface area (Å²) in [5.41, 5.74) is 9.77. The first-order chi connectivity index (χ1) is 29.3. The largest absolute Gasteiger partial charge is 0.458 e. The smallest absolute Gasteiger partial charge is 0.190 e. The molecule has 12 rings (SSSR count). The van der Waals surface area contributed by atoms with Gasteiger partial charge in [-0.15, -0.1) is 0 Å². The van der Waals surface area contributed by atoms with Crippen LogP contribution in [0.3, 0.4) is 0 Å². The molecule has 5 heteroatoms. The topological polar surface area (TPSA) is 25.6 Å². The Labute approximate surface area is 347 Å². The van der Waals surface area contributed by atoms with Crippen molar-refractivity contribution in [3.63, 3.8) is 0 Å². The van der Waals surface area contributed by atoms with Crippen molar-refractivity contribution in [2.45, 2.75) is 9.79 Å². The minimum atomic E-state index is -2.88. The molecule has 9 aromatic carbocycles. The van der Waals surface area contributed by atoms with E-state index in [2.05, 4.69) is 205 Å². The Bertz CT molecular complexity index is 3180. The molecule has 0 radical (unpaired) electrons. The highest BCUT2D eigenvalue weighted by molar-refractivity contribution is 8.00. The van der Waals surface area contributed by atoms with Crippen LogP contribution in [0, 0.1) is 0 Å². The number of para-hydroxylation sites is 3. The molecular formula is C54H35NO2SSi. The van der Waals surface area contributed by atoms with Crippen molar-refractivity contribution >= 4 is 79.6 Å². The summed E-state index contributed by atoms with van der Waals surface area (Å²) < 4.78 is 13.2. The van der Waals surface area contributed by atoms with Gasteiger partial charge in [-0.1, -0.05) is 163 Å². The maximum atomic E-state index is 6.71. The van der Waals surface area contributed by atoms with Gasteiger partial charge in [0.25, 0.3) is 0 Å². The van der Waals surface area contributed by atoms with E-state index in [-0.39, 0.29) is 0 Å². The number of fused-ring (bicyclic) bond motifs is 11. The van der Waals surface area contributed by atoms with Crippen molar-refractivity contribution in [2.24, 2.45) is 0 Å². The molecule has 2 aliphatic heterocycles. The van der Waals surface area contributed by atoms with Gasteiger partial charge < -0.3 is 14.1 Å². The molecule has 1 aromatic heterocycles. The van der Waals surface area contributed by atoms with Crippen LogP contribution in [-0.4, -0.2) is 8.07 Å². The Kier molecular flexibility index (Phi) is 7.80. The Morgan fingerprint density at radius 3 is 1.75 bits per heavy atom. The fraction of sp³-hybridized carbons (Fsp3) is 0. The van der Waals surface area contributed by atoms with Crippen molar-refractivity contribution in [3.8, 4) is 33.8 Å². The van der Waals surface area contributed by atoms with Crippen molar-refractivity contribution < 1.29 is 9.15 Å². The third-order valence-corrected chi connectivity index (χ3v) is 18.5. The molecule has 0 N–H and O–H groups in total. The van der Waals surface area contributed by atoms with E-state index in [1.54, 1.807) is 0 Å². The second kappa shape index (κ2) is 13.5. The van der Waals surface area contributed by atoms with Crippen LogP contribution in [-0.2, 0) is 0 Å². The SMILES string of the molecule is c1ccc(-c2ccccc2-c2ccc(N(c3ccc4c(c3)oc3ccccc34)c3cccc4c3Sc3ccccc3[Si]43c4ccccc4Oc4ccccc43)cc2)cc1. The van der Waals surface area contributed by atoms with Crippen LogP contribution >= 0.6 is 11.8 Å². The molecule has 0 atom stereocenters. The number of furan rings is 1. The summed E-state index contributed by atoms with van der Waals surface area (Å²) in [6, 6.07) is 76.8. The zero-order valence-corrected chi connectivity index (χ0v) is 33.7. The average Bonchev–Trinajstić information content (AvgIpc) is 3.68. The molecule has 0 amide bonds. The molecule has 3 heterocycles. The zero-order valence-electron chi connectivity index (χ0n) is 31.9. The van der Waals surface area contributed by atoms with Crippen LogP contribution in [0.25, 0.3) is 44.2 Å². The highest BCUT2D eigenvalue weighted by Crippen LogP contribution is 2.47. The summed E-state index contributed by atoms with van der Waals surface area (Å²) >= 11 is 1.88. The molecule has 278 valence electrons. The Morgan fingerprint density at radius 2 is 0.983 bits per heavy atom. The molecular weight excluding hydrogens is 755 g/mol. The van der Waals surface area contributed by atoms with Crippen molar-refractivity contribution in [2.75, 3.05) is 4.90 Å². The zero-order chi connectivity index (χ0) is 38.9. The van der Waals surface area contributed by atoms with Crippen LogP contribution in [0.5, 0.6) is 11.5 Å². The average molecular weight is 790 g/mol. The summed E-state index contributed by atoms with van der Waals surface area (Å²) in [4.78, 5) is 4.97. The second-order valence-electron chi connectivity index (χ2n) is 15.2. The lowest BCUT2D eigenvalue weighted by molar-refractivity contribution is 0.487. The predicted octanol–water partition coefficient (Wildman–Crippen LogP) is 12.3. The van der Waals surface area contributed by atoms with Crippen LogP contribution in [0.15, 0.2) is 227 Å². The molecule has 2 aliphatic rings.